The van der Waals surface area contributed by atoms with E-state index in [4.69, 9.17) is 18.9 Å². The van der Waals surface area contributed by atoms with Crippen molar-refractivity contribution in [2.45, 2.75) is 81.2 Å². The van der Waals surface area contributed by atoms with E-state index in [9.17, 15) is 27.7 Å². The van der Waals surface area contributed by atoms with Crippen molar-refractivity contribution in [3.8, 4) is 23.0 Å². The van der Waals surface area contributed by atoms with Crippen LogP contribution in [0.5, 0.6) is 23.0 Å². The SMILES string of the molecule is COc1cc2c(cc1OCc1cc(COc3cc4c(cc3O)C(OC)N3c5ccccc5C[C@H]3C(S(=O)(=O)O)N4)cc(NC(=O)CCC(C)(C)S)c1)NC[C@@H]1Cc3ccccc3N1C2=O. The Balaban J connectivity index is 0.987. The van der Waals surface area contributed by atoms with E-state index in [-0.39, 0.29) is 59.4 Å². The number of ether oxygens (including phenoxy) is 4. The molecular weight excluding hydrogens is 871 g/mol. The Kier molecular flexibility index (Phi) is 11.8. The fraction of sp³-hybridized carbons (Fsp3) is 0.333. The third-order valence-corrected chi connectivity index (χ3v) is 13.6. The highest BCUT2D eigenvalue weighted by Crippen LogP contribution is 2.48. The lowest BCUT2D eigenvalue weighted by molar-refractivity contribution is -0.116. The molecule has 340 valence electrons. The molecule has 5 N–H and O–H groups in total. The number of carbonyl (C=O) groups excluding carboxylic acids is 2. The van der Waals surface area contributed by atoms with Gasteiger partial charge in [0.1, 0.15) is 13.2 Å². The van der Waals surface area contributed by atoms with Gasteiger partial charge in [-0.15, -0.1) is 0 Å². The number of methoxy groups -OCH3 is 2. The first kappa shape index (κ1) is 44.1. The molecule has 0 saturated heterocycles. The van der Waals surface area contributed by atoms with E-state index in [1.165, 1.54) is 26.4 Å². The van der Waals surface area contributed by atoms with Gasteiger partial charge in [-0.2, -0.15) is 21.0 Å². The van der Waals surface area contributed by atoms with Crippen molar-refractivity contribution >= 4 is 63.0 Å². The number of hydrogen-bond acceptors (Lipinski definition) is 13. The number of carbonyl (C=O) groups is 2. The Morgan fingerprint density at radius 3 is 2.22 bits per heavy atom. The molecule has 15 nitrogen and oxygen atoms in total. The van der Waals surface area contributed by atoms with Gasteiger partial charge < -0.3 is 49.8 Å². The van der Waals surface area contributed by atoms with Crippen molar-refractivity contribution in [2.75, 3.05) is 46.5 Å². The number of nitrogens with one attached hydrogen (secondary N) is 3. The van der Waals surface area contributed by atoms with Crippen molar-refractivity contribution < 1.29 is 46.6 Å². The van der Waals surface area contributed by atoms with Crippen LogP contribution in [0.25, 0.3) is 0 Å². The molecule has 0 aliphatic carbocycles. The van der Waals surface area contributed by atoms with Crippen LogP contribution in [0.2, 0.25) is 0 Å². The number of benzene rings is 5. The minimum absolute atomic E-state index is 0.0339. The van der Waals surface area contributed by atoms with E-state index in [2.05, 4.69) is 34.6 Å². The van der Waals surface area contributed by atoms with Gasteiger partial charge in [0.25, 0.3) is 16.0 Å². The zero-order valence-corrected chi connectivity index (χ0v) is 38.0. The smallest absolute Gasteiger partial charge is 0.288 e. The molecule has 0 aromatic heterocycles. The zero-order chi connectivity index (χ0) is 45.8. The van der Waals surface area contributed by atoms with Gasteiger partial charge >= 0.3 is 0 Å². The average molecular weight is 922 g/mol. The molecule has 0 bridgehead atoms. The van der Waals surface area contributed by atoms with E-state index < -0.39 is 27.8 Å². The molecule has 17 heteroatoms. The van der Waals surface area contributed by atoms with Gasteiger partial charge in [-0.05, 0) is 84.0 Å². The third-order valence-electron chi connectivity index (χ3n) is 12.3. The van der Waals surface area contributed by atoms with Gasteiger partial charge in [0, 0.05) is 65.3 Å². The summed E-state index contributed by atoms with van der Waals surface area (Å²) in [6.45, 7) is 4.38. The molecule has 9 rings (SSSR count). The fourth-order valence-corrected chi connectivity index (χ4v) is 10.3. The van der Waals surface area contributed by atoms with Gasteiger partial charge in [0.2, 0.25) is 5.91 Å². The lowest BCUT2D eigenvalue weighted by Gasteiger charge is -2.34. The Bertz CT molecular complexity index is 2800. The molecule has 2 unspecified atom stereocenters. The van der Waals surface area contributed by atoms with Crippen LogP contribution >= 0.6 is 12.6 Å². The van der Waals surface area contributed by atoms with Crippen LogP contribution in [0.1, 0.15) is 71.1 Å². The summed E-state index contributed by atoms with van der Waals surface area (Å²) in [5.41, 5.74) is 7.28. The Morgan fingerprint density at radius 2 is 1.54 bits per heavy atom. The van der Waals surface area contributed by atoms with E-state index in [1.54, 1.807) is 24.3 Å². The number of hydrogen-bond donors (Lipinski definition) is 6. The highest BCUT2D eigenvalue weighted by Gasteiger charge is 2.48. The van der Waals surface area contributed by atoms with Crippen molar-refractivity contribution in [3.63, 3.8) is 0 Å². The molecule has 4 aliphatic rings. The third kappa shape index (κ3) is 8.85. The number of aromatic hydroxyl groups is 1. The summed E-state index contributed by atoms with van der Waals surface area (Å²) in [5, 5.41) is 19.4. The number of nitrogens with zero attached hydrogens (tertiary/aromatic N) is 2. The van der Waals surface area contributed by atoms with Gasteiger partial charge in [-0.3, -0.25) is 14.1 Å². The topological polar surface area (TPSA) is 188 Å². The van der Waals surface area contributed by atoms with Crippen LogP contribution in [0.15, 0.2) is 91.0 Å². The number of amides is 2. The zero-order valence-electron chi connectivity index (χ0n) is 36.3. The van der Waals surface area contributed by atoms with Crippen LogP contribution < -0.4 is 40.0 Å². The van der Waals surface area contributed by atoms with E-state index in [0.717, 1.165) is 28.9 Å². The fourth-order valence-electron chi connectivity index (χ4n) is 9.31. The summed E-state index contributed by atoms with van der Waals surface area (Å²) < 4.78 is 60.4. The summed E-state index contributed by atoms with van der Waals surface area (Å²) >= 11 is 4.57. The van der Waals surface area contributed by atoms with Gasteiger partial charge in [0.05, 0.1) is 30.4 Å². The molecule has 4 atom stereocenters. The number of thiol groups is 1. The van der Waals surface area contributed by atoms with Gasteiger partial charge in [-0.25, -0.2) is 0 Å². The van der Waals surface area contributed by atoms with Crippen LogP contribution in [-0.2, 0) is 45.7 Å². The second kappa shape index (κ2) is 17.3. The lowest BCUT2D eigenvalue weighted by atomic mass is 10.1. The minimum atomic E-state index is -4.65. The van der Waals surface area contributed by atoms with Gasteiger partial charge in [-0.1, -0.05) is 50.2 Å². The van der Waals surface area contributed by atoms with Crippen LogP contribution in [0.3, 0.4) is 0 Å². The molecule has 5 aromatic rings. The predicted octanol–water partition coefficient (Wildman–Crippen LogP) is 7.70. The minimum Gasteiger partial charge on any atom is -0.504 e. The predicted molar refractivity (Wildman–Crippen MR) is 251 cm³/mol. The van der Waals surface area contributed by atoms with Crippen molar-refractivity contribution in [1.82, 2.24) is 0 Å². The second-order valence-electron chi connectivity index (χ2n) is 17.5. The maximum atomic E-state index is 14.0. The van der Waals surface area contributed by atoms with Crippen molar-refractivity contribution in [2.24, 2.45) is 0 Å². The number of phenols is 1. The maximum Gasteiger partial charge on any atom is 0.288 e. The summed E-state index contributed by atoms with van der Waals surface area (Å²) in [6.07, 6.45) is 1.03. The molecular formula is C48H51N5O10S2. The number of para-hydroxylation sites is 2. The number of phenolic OH excluding ortho intramolecular Hbond substituents is 1. The number of rotatable bonds is 13. The van der Waals surface area contributed by atoms with Crippen LogP contribution in [0, 0.1) is 0 Å². The molecule has 65 heavy (non-hydrogen) atoms. The summed E-state index contributed by atoms with van der Waals surface area (Å²) in [7, 11) is -1.63. The Hall–Kier alpha value is -6.14. The summed E-state index contributed by atoms with van der Waals surface area (Å²) in [5.74, 6) is 0.251. The second-order valence-corrected chi connectivity index (χ2v) is 20.2. The van der Waals surface area contributed by atoms with Gasteiger partial charge in [0.15, 0.2) is 34.6 Å². The first-order valence-electron chi connectivity index (χ1n) is 21.4. The highest BCUT2D eigenvalue weighted by atomic mass is 32.2. The number of fused-ring (bicyclic) bond motifs is 8. The highest BCUT2D eigenvalue weighted by molar-refractivity contribution is 7.86. The maximum absolute atomic E-state index is 14.0. The molecule has 0 radical (unpaired) electrons. The van der Waals surface area contributed by atoms with Crippen LogP contribution in [0.4, 0.5) is 28.4 Å². The van der Waals surface area contributed by atoms with Crippen molar-refractivity contribution in [1.29, 1.82) is 0 Å². The molecule has 4 aliphatic heterocycles. The standard InChI is InChI=1S/C48H51N5O10S2/c1-48(2,64)14-13-44(55)50-31-16-27(15-28(17-31)26-63-43-22-35-33(21-42(43)60-3)46(56)52-32(24-49-35)18-29-9-5-7-11-37(29)52)25-62-41-23-36-34(20-40(41)54)47(61-4)53-38-12-8-6-10-30(38)19-39(53)45(51-36)65(57,58)59/h5-12,15-17,20-23,32,39,45,47,49,51,54,64H,13-14,18-19,24-26H2,1-4H3,(H,50,55)(H,57,58,59)/t32-,39-,45?,47?/m0/s1. The van der Waals surface area contributed by atoms with E-state index in [0.29, 0.717) is 64.5 Å². The largest absolute Gasteiger partial charge is 0.504 e. The van der Waals surface area contributed by atoms with E-state index in [1.807, 2.05) is 72.2 Å². The van der Waals surface area contributed by atoms with E-state index >= 15 is 0 Å². The van der Waals surface area contributed by atoms with Crippen LogP contribution in [-0.4, -0.2) is 72.9 Å². The summed E-state index contributed by atoms with van der Waals surface area (Å²) in [4.78, 5) is 30.9. The van der Waals surface area contributed by atoms with Crippen molar-refractivity contribution in [3.05, 3.63) is 124 Å². The molecule has 5 aromatic carbocycles. The first-order chi connectivity index (χ1) is 31.1. The average Bonchev–Trinajstić information content (AvgIpc) is 3.75. The molecule has 0 fully saturated rings. The summed E-state index contributed by atoms with van der Waals surface area (Å²) in [6, 6.07) is 26.5. The Morgan fingerprint density at radius 1 is 0.877 bits per heavy atom. The Labute approximate surface area is 383 Å². The monoisotopic (exact) mass is 921 g/mol. The molecule has 0 saturated carbocycles. The molecule has 2 amide bonds. The number of anilines is 5. The lowest BCUT2D eigenvalue weighted by Crippen LogP contribution is -2.49. The quantitative estimate of drug-likeness (QED) is 0.0384. The normalized spacial score (nSPS) is 19.5. The molecule has 0 spiro atoms. The molecule has 4 heterocycles. The first-order valence-corrected chi connectivity index (χ1v) is 23.3.